The van der Waals surface area contributed by atoms with E-state index in [0.717, 1.165) is 18.0 Å². The summed E-state index contributed by atoms with van der Waals surface area (Å²) in [6, 6.07) is 10.9. The molecular weight excluding hydrogens is 399 g/mol. The molecule has 1 saturated carbocycles. The number of fused-ring (bicyclic) bond motifs is 1. The van der Waals surface area contributed by atoms with Gasteiger partial charge in [-0.1, -0.05) is 37.5 Å². The first-order valence-corrected chi connectivity index (χ1v) is 8.16. The van der Waals surface area contributed by atoms with Crippen LogP contribution in [0.25, 0.3) is 10.9 Å². The van der Waals surface area contributed by atoms with Gasteiger partial charge in [0.25, 0.3) is 0 Å². The Morgan fingerprint density at radius 1 is 1.17 bits per heavy atom. The molecule has 23 heavy (non-hydrogen) atoms. The van der Waals surface area contributed by atoms with Gasteiger partial charge in [-0.3, -0.25) is 9.98 Å². The molecule has 2 aromatic rings. The van der Waals surface area contributed by atoms with Crippen LogP contribution in [0.2, 0.25) is 0 Å². The minimum Gasteiger partial charge on any atom is -0.354 e. The molecule has 0 aliphatic heterocycles. The first kappa shape index (κ1) is 18.0. The molecule has 0 amide bonds. The molecule has 124 valence electrons. The van der Waals surface area contributed by atoms with Crippen LogP contribution in [-0.2, 0) is 6.54 Å². The summed E-state index contributed by atoms with van der Waals surface area (Å²) < 4.78 is 0. The minimum atomic E-state index is 0. The molecule has 1 fully saturated rings. The third-order valence-electron chi connectivity index (χ3n) is 4.36. The lowest BCUT2D eigenvalue weighted by molar-refractivity contribution is 0.410. The smallest absolute Gasteiger partial charge is 0.191 e. The third kappa shape index (κ3) is 4.80. The van der Waals surface area contributed by atoms with Gasteiger partial charge in [-0.15, -0.1) is 24.0 Å². The van der Waals surface area contributed by atoms with Gasteiger partial charge in [-0.25, -0.2) is 0 Å². The number of nitrogens with one attached hydrogen (secondary N) is 2. The topological polar surface area (TPSA) is 49.3 Å². The van der Waals surface area contributed by atoms with Crippen molar-refractivity contribution in [3.8, 4) is 0 Å². The summed E-state index contributed by atoms with van der Waals surface area (Å²) in [4.78, 5) is 8.77. The highest BCUT2D eigenvalue weighted by molar-refractivity contribution is 14.0. The van der Waals surface area contributed by atoms with Gasteiger partial charge in [-0.05, 0) is 30.5 Å². The van der Waals surface area contributed by atoms with Crippen LogP contribution in [0.3, 0.4) is 0 Å². The van der Waals surface area contributed by atoms with Crippen molar-refractivity contribution >= 4 is 40.8 Å². The molecule has 4 nitrogen and oxygen atoms in total. The van der Waals surface area contributed by atoms with Crippen molar-refractivity contribution in [2.24, 2.45) is 4.99 Å². The van der Waals surface area contributed by atoms with Gasteiger partial charge in [-0.2, -0.15) is 0 Å². The number of benzene rings is 1. The molecule has 0 saturated heterocycles. The number of halogens is 1. The molecule has 0 unspecified atom stereocenters. The van der Waals surface area contributed by atoms with Crippen LogP contribution in [0.4, 0.5) is 0 Å². The minimum absolute atomic E-state index is 0. The van der Waals surface area contributed by atoms with Gasteiger partial charge in [0.05, 0.1) is 5.52 Å². The summed E-state index contributed by atoms with van der Waals surface area (Å²) in [5, 5.41) is 8.18. The molecule has 1 aliphatic rings. The van der Waals surface area contributed by atoms with Crippen molar-refractivity contribution in [3.05, 3.63) is 42.1 Å². The number of aliphatic imine (C=N–C) groups is 1. The highest BCUT2D eigenvalue weighted by Crippen LogP contribution is 2.18. The molecule has 2 N–H and O–H groups in total. The Kier molecular flexibility index (Phi) is 7.08. The number of hydrogen-bond donors (Lipinski definition) is 2. The fraction of sp³-hybridized carbons (Fsp3) is 0.444. The standard InChI is InChI=1S/C18H24N4.HI/c1-19-18(22-15-7-3-2-4-8-15)21-13-14-11-12-20-17-10-6-5-9-16(14)17;/h5-6,9-12,15H,2-4,7-8,13H2,1H3,(H2,19,21,22);1H. The van der Waals surface area contributed by atoms with Crippen molar-refractivity contribution < 1.29 is 0 Å². The first-order chi connectivity index (χ1) is 10.9. The lowest BCUT2D eigenvalue weighted by Crippen LogP contribution is -2.43. The van der Waals surface area contributed by atoms with Gasteiger partial charge in [0.15, 0.2) is 5.96 Å². The molecule has 0 atom stereocenters. The number of aromatic nitrogens is 1. The predicted octanol–water partition coefficient (Wildman–Crippen LogP) is 3.85. The average molecular weight is 424 g/mol. The van der Waals surface area contributed by atoms with Crippen LogP contribution in [0, 0.1) is 0 Å². The van der Waals surface area contributed by atoms with Crippen molar-refractivity contribution in [2.75, 3.05) is 7.05 Å². The summed E-state index contributed by atoms with van der Waals surface area (Å²) in [6.07, 6.45) is 8.38. The Bertz CT molecular complexity index is 645. The van der Waals surface area contributed by atoms with Crippen LogP contribution in [0.15, 0.2) is 41.5 Å². The Hall–Kier alpha value is -1.37. The van der Waals surface area contributed by atoms with Crippen LogP contribution >= 0.6 is 24.0 Å². The quantitative estimate of drug-likeness (QED) is 0.447. The zero-order chi connectivity index (χ0) is 15.2. The molecule has 5 heteroatoms. The summed E-state index contributed by atoms with van der Waals surface area (Å²) >= 11 is 0. The normalized spacial score (nSPS) is 16.0. The van der Waals surface area contributed by atoms with Crippen molar-refractivity contribution in [1.29, 1.82) is 0 Å². The Morgan fingerprint density at radius 3 is 2.74 bits per heavy atom. The lowest BCUT2D eigenvalue weighted by Gasteiger charge is -2.25. The van der Waals surface area contributed by atoms with E-state index in [1.807, 2.05) is 25.4 Å². The highest BCUT2D eigenvalue weighted by atomic mass is 127. The number of guanidine groups is 1. The van der Waals surface area contributed by atoms with Crippen LogP contribution < -0.4 is 10.6 Å². The van der Waals surface area contributed by atoms with Crippen molar-refractivity contribution in [2.45, 2.75) is 44.7 Å². The largest absolute Gasteiger partial charge is 0.354 e. The highest BCUT2D eigenvalue weighted by Gasteiger charge is 2.14. The molecule has 0 spiro atoms. The van der Waals surface area contributed by atoms with Gasteiger partial charge in [0, 0.05) is 31.2 Å². The zero-order valence-corrected chi connectivity index (χ0v) is 15.9. The molecule has 1 heterocycles. The van der Waals surface area contributed by atoms with E-state index in [-0.39, 0.29) is 24.0 Å². The van der Waals surface area contributed by atoms with Crippen molar-refractivity contribution in [1.82, 2.24) is 15.6 Å². The van der Waals surface area contributed by atoms with E-state index in [4.69, 9.17) is 0 Å². The number of rotatable bonds is 3. The number of nitrogens with zero attached hydrogens (tertiary/aromatic N) is 2. The van der Waals surface area contributed by atoms with E-state index < -0.39 is 0 Å². The number of para-hydroxylation sites is 1. The van der Waals surface area contributed by atoms with E-state index in [1.54, 1.807) is 0 Å². The number of pyridine rings is 1. The van der Waals surface area contributed by atoms with Crippen LogP contribution in [0.5, 0.6) is 0 Å². The zero-order valence-electron chi connectivity index (χ0n) is 13.6. The summed E-state index contributed by atoms with van der Waals surface area (Å²) in [6.45, 7) is 0.759. The number of hydrogen-bond acceptors (Lipinski definition) is 2. The second-order valence-corrected chi connectivity index (χ2v) is 5.89. The molecule has 3 rings (SSSR count). The second-order valence-electron chi connectivity index (χ2n) is 5.89. The van der Waals surface area contributed by atoms with Crippen LogP contribution in [0.1, 0.15) is 37.7 Å². The summed E-state index contributed by atoms with van der Waals surface area (Å²) in [5.41, 5.74) is 2.29. The lowest BCUT2D eigenvalue weighted by atomic mass is 9.96. The molecular formula is C18H25IN4. The fourth-order valence-electron chi connectivity index (χ4n) is 3.12. The van der Waals surface area contributed by atoms with Crippen LogP contribution in [-0.4, -0.2) is 24.0 Å². The second kappa shape index (κ2) is 9.05. The Balaban J connectivity index is 0.00000192. The van der Waals surface area contributed by atoms with E-state index in [0.29, 0.717) is 6.04 Å². The molecule has 0 bridgehead atoms. The van der Waals surface area contributed by atoms with E-state index in [2.05, 4.69) is 38.8 Å². The van der Waals surface area contributed by atoms with Gasteiger partial charge < -0.3 is 10.6 Å². The summed E-state index contributed by atoms with van der Waals surface area (Å²) in [5.74, 6) is 0.896. The maximum Gasteiger partial charge on any atom is 0.191 e. The SMILES string of the molecule is CN=C(NCc1ccnc2ccccc12)NC1CCCCC1.I. The first-order valence-electron chi connectivity index (χ1n) is 8.16. The Labute approximate surface area is 155 Å². The maximum absolute atomic E-state index is 4.41. The van der Waals surface area contributed by atoms with Gasteiger partial charge in [0.2, 0.25) is 0 Å². The summed E-state index contributed by atoms with van der Waals surface area (Å²) in [7, 11) is 1.84. The van der Waals surface area contributed by atoms with Gasteiger partial charge >= 0.3 is 0 Å². The van der Waals surface area contributed by atoms with E-state index in [1.165, 1.54) is 43.1 Å². The van der Waals surface area contributed by atoms with Gasteiger partial charge in [0.1, 0.15) is 0 Å². The maximum atomic E-state index is 4.41. The fourth-order valence-corrected chi connectivity index (χ4v) is 3.12. The van der Waals surface area contributed by atoms with E-state index in [9.17, 15) is 0 Å². The monoisotopic (exact) mass is 424 g/mol. The third-order valence-corrected chi connectivity index (χ3v) is 4.36. The average Bonchev–Trinajstić information content (AvgIpc) is 2.59. The van der Waals surface area contributed by atoms with Crippen molar-refractivity contribution in [3.63, 3.8) is 0 Å². The van der Waals surface area contributed by atoms with E-state index >= 15 is 0 Å². The molecule has 1 aromatic carbocycles. The Morgan fingerprint density at radius 2 is 1.96 bits per heavy atom. The molecule has 1 aliphatic carbocycles. The molecule has 1 aromatic heterocycles. The predicted molar refractivity (Wildman–Crippen MR) is 107 cm³/mol. The molecule has 0 radical (unpaired) electrons.